The highest BCUT2D eigenvalue weighted by Crippen LogP contribution is 2.32. The molecule has 94 valence electrons. The molecule has 0 spiro atoms. The van der Waals surface area contributed by atoms with Gasteiger partial charge in [0, 0.05) is 11.1 Å². The highest BCUT2D eigenvalue weighted by molar-refractivity contribution is 7.80. The molecule has 0 atom stereocenters. The van der Waals surface area contributed by atoms with Gasteiger partial charge in [-0.05, 0) is 38.2 Å². The molecule has 0 aromatic heterocycles. The number of anilines is 1. The van der Waals surface area contributed by atoms with E-state index in [-0.39, 0.29) is 6.04 Å². The SMILES string of the molecule is CC(C)NC(=S)NNc1c(Cl)cc(Cl)cc1Cl. The van der Waals surface area contributed by atoms with Gasteiger partial charge in [0.1, 0.15) is 0 Å². The van der Waals surface area contributed by atoms with Crippen molar-refractivity contribution in [3.05, 3.63) is 27.2 Å². The standard InChI is InChI=1S/C10H12Cl3N3S/c1-5(2)14-10(17)16-15-9-7(12)3-6(11)4-8(9)13/h3-5,15H,1-2H3,(H2,14,16,17). The third-order valence-corrected chi connectivity index (χ3v) is 2.76. The molecule has 0 unspecified atom stereocenters. The molecule has 7 heteroatoms. The zero-order valence-corrected chi connectivity index (χ0v) is 12.4. The zero-order valence-electron chi connectivity index (χ0n) is 9.27. The summed E-state index contributed by atoms with van der Waals surface area (Å²) in [6, 6.07) is 3.43. The third kappa shape index (κ3) is 4.76. The minimum Gasteiger partial charge on any atom is -0.359 e. The lowest BCUT2D eigenvalue weighted by Gasteiger charge is -2.16. The van der Waals surface area contributed by atoms with Gasteiger partial charge in [-0.3, -0.25) is 10.9 Å². The number of halogens is 3. The summed E-state index contributed by atoms with van der Waals surface area (Å²) in [6.45, 7) is 3.96. The molecular formula is C10H12Cl3N3S. The molecule has 0 aliphatic rings. The number of hydrogen-bond donors (Lipinski definition) is 3. The first kappa shape index (κ1) is 14.6. The quantitative estimate of drug-likeness (QED) is 0.585. The third-order valence-electron chi connectivity index (χ3n) is 1.73. The Morgan fingerprint density at radius 3 is 2.18 bits per heavy atom. The molecule has 3 N–H and O–H groups in total. The van der Waals surface area contributed by atoms with Crippen LogP contribution in [0.1, 0.15) is 13.8 Å². The average molecular weight is 313 g/mol. The lowest BCUT2D eigenvalue weighted by Crippen LogP contribution is -2.42. The lowest BCUT2D eigenvalue weighted by molar-refractivity contribution is 0.724. The van der Waals surface area contributed by atoms with Gasteiger partial charge in [0.25, 0.3) is 0 Å². The summed E-state index contributed by atoms with van der Waals surface area (Å²) in [5.41, 5.74) is 6.16. The van der Waals surface area contributed by atoms with Gasteiger partial charge in [0.05, 0.1) is 15.7 Å². The summed E-state index contributed by atoms with van der Waals surface area (Å²) >= 11 is 22.8. The Kier molecular flexibility index (Phi) is 5.59. The van der Waals surface area contributed by atoms with Gasteiger partial charge < -0.3 is 5.32 Å². The average Bonchev–Trinajstić information content (AvgIpc) is 2.14. The van der Waals surface area contributed by atoms with E-state index in [1.165, 1.54) is 0 Å². The number of nitrogens with one attached hydrogen (secondary N) is 3. The fourth-order valence-corrected chi connectivity index (χ4v) is 2.28. The minimum atomic E-state index is 0.243. The topological polar surface area (TPSA) is 36.1 Å². The Morgan fingerprint density at radius 2 is 1.71 bits per heavy atom. The highest BCUT2D eigenvalue weighted by atomic mass is 35.5. The Balaban J connectivity index is 2.67. The fourth-order valence-electron chi connectivity index (χ4n) is 1.08. The van der Waals surface area contributed by atoms with Crippen LogP contribution in [0, 0.1) is 0 Å². The Hall–Kier alpha value is -0.420. The minimum absolute atomic E-state index is 0.243. The molecule has 17 heavy (non-hydrogen) atoms. The van der Waals surface area contributed by atoms with Crippen molar-refractivity contribution >= 4 is 57.8 Å². The summed E-state index contributed by atoms with van der Waals surface area (Å²) < 4.78 is 0. The number of hydrazine groups is 1. The van der Waals surface area contributed by atoms with E-state index in [1.54, 1.807) is 12.1 Å². The van der Waals surface area contributed by atoms with Crippen LogP contribution in [0.4, 0.5) is 5.69 Å². The molecule has 3 nitrogen and oxygen atoms in total. The van der Waals surface area contributed by atoms with Gasteiger partial charge in [-0.2, -0.15) is 0 Å². The maximum absolute atomic E-state index is 5.99. The zero-order chi connectivity index (χ0) is 13.0. The highest BCUT2D eigenvalue weighted by Gasteiger charge is 2.07. The predicted molar refractivity (Wildman–Crippen MR) is 79.1 cm³/mol. The first-order chi connectivity index (χ1) is 7.90. The maximum Gasteiger partial charge on any atom is 0.185 e. The second-order valence-electron chi connectivity index (χ2n) is 3.62. The smallest absolute Gasteiger partial charge is 0.185 e. The number of rotatable bonds is 3. The van der Waals surface area contributed by atoms with E-state index >= 15 is 0 Å². The van der Waals surface area contributed by atoms with Crippen molar-refractivity contribution in [3.63, 3.8) is 0 Å². The van der Waals surface area contributed by atoms with Crippen LogP contribution >= 0.6 is 47.0 Å². The van der Waals surface area contributed by atoms with E-state index in [1.807, 2.05) is 13.8 Å². The van der Waals surface area contributed by atoms with Gasteiger partial charge in [0.2, 0.25) is 0 Å². The van der Waals surface area contributed by atoms with E-state index in [0.29, 0.717) is 25.9 Å². The molecule has 1 aromatic carbocycles. The Labute approximate surface area is 121 Å². The van der Waals surface area contributed by atoms with Crippen LogP contribution in [0.15, 0.2) is 12.1 Å². The number of benzene rings is 1. The van der Waals surface area contributed by atoms with E-state index < -0.39 is 0 Å². The summed E-state index contributed by atoms with van der Waals surface area (Å²) in [6.07, 6.45) is 0. The Bertz CT molecular complexity index is 400. The van der Waals surface area contributed by atoms with Crippen molar-refractivity contribution in [3.8, 4) is 0 Å². The van der Waals surface area contributed by atoms with Crippen LogP contribution in [-0.2, 0) is 0 Å². The van der Waals surface area contributed by atoms with Crippen molar-refractivity contribution in [1.29, 1.82) is 0 Å². The molecule has 0 radical (unpaired) electrons. The van der Waals surface area contributed by atoms with Crippen LogP contribution in [0.3, 0.4) is 0 Å². The van der Waals surface area contributed by atoms with Crippen LogP contribution in [0.25, 0.3) is 0 Å². The van der Waals surface area contributed by atoms with E-state index in [4.69, 9.17) is 47.0 Å². The van der Waals surface area contributed by atoms with Gasteiger partial charge in [-0.25, -0.2) is 0 Å². The van der Waals surface area contributed by atoms with Gasteiger partial charge in [0.15, 0.2) is 5.11 Å². The van der Waals surface area contributed by atoms with Crippen molar-refractivity contribution in [2.75, 3.05) is 5.43 Å². The van der Waals surface area contributed by atoms with E-state index in [9.17, 15) is 0 Å². The molecule has 0 saturated carbocycles. The molecule has 1 aromatic rings. The van der Waals surface area contributed by atoms with Crippen LogP contribution in [0.2, 0.25) is 15.1 Å². The van der Waals surface area contributed by atoms with Gasteiger partial charge in [-0.1, -0.05) is 34.8 Å². The summed E-state index contributed by atoms with van der Waals surface area (Å²) in [4.78, 5) is 0. The molecule has 0 bridgehead atoms. The molecule has 0 saturated heterocycles. The Morgan fingerprint density at radius 1 is 1.18 bits per heavy atom. The van der Waals surface area contributed by atoms with Crippen molar-refractivity contribution < 1.29 is 0 Å². The van der Waals surface area contributed by atoms with Crippen LogP contribution in [0.5, 0.6) is 0 Å². The second-order valence-corrected chi connectivity index (χ2v) is 5.28. The number of thiocarbonyl (C=S) groups is 1. The normalized spacial score (nSPS) is 10.2. The van der Waals surface area contributed by atoms with Gasteiger partial charge >= 0.3 is 0 Å². The lowest BCUT2D eigenvalue weighted by atomic mass is 10.3. The molecule has 0 heterocycles. The summed E-state index contributed by atoms with van der Waals surface area (Å²) in [5.74, 6) is 0. The molecule has 0 aliphatic heterocycles. The van der Waals surface area contributed by atoms with Crippen LogP contribution < -0.4 is 16.2 Å². The van der Waals surface area contributed by atoms with Gasteiger partial charge in [-0.15, -0.1) is 0 Å². The predicted octanol–water partition coefficient (Wildman–Crippen LogP) is 3.85. The van der Waals surface area contributed by atoms with Crippen LogP contribution in [-0.4, -0.2) is 11.2 Å². The molecule has 0 aliphatic carbocycles. The summed E-state index contributed by atoms with van der Waals surface area (Å²) in [5, 5.41) is 4.79. The van der Waals surface area contributed by atoms with Crippen molar-refractivity contribution in [1.82, 2.24) is 10.7 Å². The fraction of sp³-hybridized carbons (Fsp3) is 0.300. The maximum atomic E-state index is 5.99. The first-order valence-electron chi connectivity index (χ1n) is 4.87. The van der Waals surface area contributed by atoms with Crippen molar-refractivity contribution in [2.24, 2.45) is 0 Å². The van der Waals surface area contributed by atoms with E-state index in [2.05, 4.69) is 16.2 Å². The second kappa shape index (κ2) is 6.50. The molecule has 0 amide bonds. The monoisotopic (exact) mass is 311 g/mol. The molecule has 0 fully saturated rings. The largest absolute Gasteiger partial charge is 0.359 e. The number of hydrogen-bond acceptors (Lipinski definition) is 2. The van der Waals surface area contributed by atoms with E-state index in [0.717, 1.165) is 0 Å². The summed E-state index contributed by atoms with van der Waals surface area (Å²) in [7, 11) is 0. The molecular weight excluding hydrogens is 301 g/mol. The first-order valence-corrected chi connectivity index (χ1v) is 6.41. The molecule has 1 rings (SSSR count). The van der Waals surface area contributed by atoms with Crippen molar-refractivity contribution in [2.45, 2.75) is 19.9 Å².